The van der Waals surface area contributed by atoms with Crippen LogP contribution in [0.4, 0.5) is 11.8 Å². The Morgan fingerprint density at radius 1 is 1.50 bits per heavy atom. The van der Waals surface area contributed by atoms with Crippen LogP contribution in [0.5, 0.6) is 0 Å². The molecule has 1 aromatic rings. The van der Waals surface area contributed by atoms with E-state index in [0.717, 1.165) is 24.2 Å². The maximum atomic E-state index is 10.7. The van der Waals surface area contributed by atoms with Gasteiger partial charge in [-0.05, 0) is 18.1 Å². The Bertz CT molecular complexity index is 593. The third kappa shape index (κ3) is 3.79. The first kappa shape index (κ1) is 16.1. The van der Waals surface area contributed by atoms with Crippen LogP contribution >= 0.6 is 0 Å². The van der Waals surface area contributed by atoms with Crippen molar-refractivity contribution in [3.8, 4) is 0 Å². The molecule has 10 heteroatoms. The van der Waals surface area contributed by atoms with Gasteiger partial charge in [0.05, 0.1) is 0 Å². The summed E-state index contributed by atoms with van der Waals surface area (Å²) >= 11 is 0. The molecule has 1 aromatic heterocycles. The van der Waals surface area contributed by atoms with E-state index in [-0.39, 0.29) is 11.4 Å². The van der Waals surface area contributed by atoms with Crippen molar-refractivity contribution >= 4 is 22.2 Å². The average Bonchev–Trinajstić information content (AvgIpc) is 2.33. The highest BCUT2D eigenvalue weighted by Gasteiger charge is 2.22. The lowest BCUT2D eigenvalue weighted by Gasteiger charge is -2.22. The standard InChI is InChI=1S/C10H14N4O4S.H2O/c1-8-7-9(13-5-3-2-4-6-13)12-10(11)14(8)18-19(15,16)17;/h2-3,7,11H,4-6H2,1H3,(H,15,16,17);1H2. The molecule has 4 N–H and O–H groups in total. The predicted octanol–water partition coefficient (Wildman–Crippen LogP) is -0.919. The summed E-state index contributed by atoms with van der Waals surface area (Å²) in [7, 11) is -4.64. The smallest absolute Gasteiger partial charge is 0.476 e. The van der Waals surface area contributed by atoms with E-state index in [9.17, 15) is 8.42 Å². The van der Waals surface area contributed by atoms with Gasteiger partial charge >= 0.3 is 16.3 Å². The van der Waals surface area contributed by atoms with E-state index in [1.54, 1.807) is 13.0 Å². The molecule has 0 bridgehead atoms. The predicted molar refractivity (Wildman–Crippen MR) is 69.6 cm³/mol. The number of aryl methyl sites for hydroxylation is 1. The molecular weight excluding hydrogens is 288 g/mol. The fourth-order valence-corrected chi connectivity index (χ4v) is 2.21. The average molecular weight is 304 g/mol. The van der Waals surface area contributed by atoms with Gasteiger partial charge in [0.25, 0.3) is 0 Å². The number of nitrogens with zero attached hydrogens (tertiary/aromatic N) is 3. The van der Waals surface area contributed by atoms with Crippen molar-refractivity contribution in [2.24, 2.45) is 0 Å². The molecule has 9 nitrogen and oxygen atoms in total. The summed E-state index contributed by atoms with van der Waals surface area (Å²) in [6.45, 7) is 3.13. The SMILES string of the molecule is Cc1cc(N2CC=CCC2)nc(N)[n+]1OS(=O)(=O)O.[OH-]. The molecule has 2 rings (SSSR count). The van der Waals surface area contributed by atoms with Crippen molar-refractivity contribution in [2.75, 3.05) is 23.7 Å². The molecule has 0 radical (unpaired) electrons. The first-order valence-corrected chi connectivity index (χ1v) is 7.00. The molecule has 0 atom stereocenters. The van der Waals surface area contributed by atoms with E-state index in [1.165, 1.54) is 0 Å². The van der Waals surface area contributed by atoms with Crippen LogP contribution in [-0.2, 0) is 10.4 Å². The van der Waals surface area contributed by atoms with Gasteiger partial charge in [0.1, 0.15) is 5.69 Å². The minimum absolute atomic E-state index is 0. The van der Waals surface area contributed by atoms with Crippen molar-refractivity contribution in [1.82, 2.24) is 4.98 Å². The molecule has 20 heavy (non-hydrogen) atoms. The summed E-state index contributed by atoms with van der Waals surface area (Å²) in [5.74, 6) is 0.483. The number of anilines is 2. The summed E-state index contributed by atoms with van der Waals surface area (Å²) in [6.07, 6.45) is 5.01. The molecule has 0 saturated carbocycles. The van der Waals surface area contributed by atoms with Gasteiger partial charge in [-0.25, -0.2) is 4.28 Å². The first-order valence-electron chi connectivity index (χ1n) is 5.63. The molecule has 112 valence electrons. The number of hydrogen-bond acceptors (Lipinski definition) is 7. The summed E-state index contributed by atoms with van der Waals surface area (Å²) in [5.41, 5.74) is 6.05. The minimum Gasteiger partial charge on any atom is -0.870 e. The minimum atomic E-state index is -4.64. The van der Waals surface area contributed by atoms with Crippen molar-refractivity contribution < 1.29 is 27.5 Å². The van der Waals surface area contributed by atoms with Crippen molar-refractivity contribution in [1.29, 1.82) is 0 Å². The molecule has 0 unspecified atom stereocenters. The summed E-state index contributed by atoms with van der Waals surface area (Å²) < 4.78 is 35.2. The number of hydrogen-bond donors (Lipinski definition) is 2. The van der Waals surface area contributed by atoms with Crippen LogP contribution in [0.25, 0.3) is 0 Å². The van der Waals surface area contributed by atoms with Crippen LogP contribution < -0.4 is 19.6 Å². The third-order valence-electron chi connectivity index (χ3n) is 2.65. The van der Waals surface area contributed by atoms with Gasteiger partial charge in [0.2, 0.25) is 5.82 Å². The second kappa shape index (κ2) is 6.03. The topological polar surface area (TPSA) is 140 Å². The third-order valence-corrected chi connectivity index (χ3v) is 2.98. The Labute approximate surface area is 116 Å². The van der Waals surface area contributed by atoms with E-state index in [2.05, 4.69) is 15.3 Å². The summed E-state index contributed by atoms with van der Waals surface area (Å²) in [6, 6.07) is 1.64. The normalized spacial score (nSPS) is 14.8. The van der Waals surface area contributed by atoms with Gasteiger partial charge in [-0.15, -0.1) is 0 Å². The number of rotatable bonds is 3. The van der Waals surface area contributed by atoms with E-state index in [1.807, 2.05) is 11.0 Å². The number of nitrogen functional groups attached to an aromatic ring is 1. The Hall–Kier alpha value is -1.91. The summed E-state index contributed by atoms with van der Waals surface area (Å²) in [4.78, 5) is 6.08. The van der Waals surface area contributed by atoms with Crippen LogP contribution in [0.1, 0.15) is 12.1 Å². The van der Waals surface area contributed by atoms with Crippen molar-refractivity contribution in [2.45, 2.75) is 13.3 Å². The van der Waals surface area contributed by atoms with Crippen molar-refractivity contribution in [3.63, 3.8) is 0 Å². The van der Waals surface area contributed by atoms with Gasteiger partial charge in [-0.2, -0.15) is 8.42 Å². The molecular formula is C10H16N4O5S. The van der Waals surface area contributed by atoms with E-state index < -0.39 is 10.4 Å². The van der Waals surface area contributed by atoms with Gasteiger partial charge in [-0.1, -0.05) is 17.1 Å². The molecule has 1 aliphatic rings. The number of nitrogens with two attached hydrogens (primary N) is 1. The molecule has 0 aliphatic carbocycles. The van der Waals surface area contributed by atoms with Gasteiger partial charge < -0.3 is 10.4 Å². The monoisotopic (exact) mass is 304 g/mol. The highest BCUT2D eigenvalue weighted by molar-refractivity contribution is 7.80. The molecule has 0 amide bonds. The number of aromatic nitrogens is 2. The second-order valence-electron chi connectivity index (χ2n) is 4.12. The zero-order valence-corrected chi connectivity index (χ0v) is 11.6. The Morgan fingerprint density at radius 2 is 2.20 bits per heavy atom. The molecule has 0 spiro atoms. The lowest BCUT2D eigenvalue weighted by molar-refractivity contribution is -0.851. The molecule has 1 aliphatic heterocycles. The van der Waals surface area contributed by atoms with Crippen LogP contribution in [-0.4, -0.2) is 36.5 Å². The van der Waals surface area contributed by atoms with E-state index in [4.69, 9.17) is 10.3 Å². The molecule has 0 fully saturated rings. The van der Waals surface area contributed by atoms with Crippen LogP contribution in [0.3, 0.4) is 0 Å². The lowest BCUT2D eigenvalue weighted by atomic mass is 10.2. The molecule has 2 heterocycles. The Morgan fingerprint density at radius 3 is 2.70 bits per heavy atom. The van der Waals surface area contributed by atoms with Gasteiger partial charge in [-0.3, -0.25) is 10.3 Å². The Balaban J connectivity index is 0.00000200. The summed E-state index contributed by atoms with van der Waals surface area (Å²) in [5, 5.41) is 0. The van der Waals surface area contributed by atoms with Gasteiger partial charge in [0.15, 0.2) is 0 Å². The van der Waals surface area contributed by atoms with Crippen molar-refractivity contribution in [3.05, 3.63) is 23.9 Å². The zero-order chi connectivity index (χ0) is 14.0. The zero-order valence-electron chi connectivity index (χ0n) is 10.8. The maximum Gasteiger partial charge on any atom is 0.476 e. The first-order chi connectivity index (χ1) is 8.87. The quantitative estimate of drug-likeness (QED) is 0.415. The van der Waals surface area contributed by atoms with Crippen LogP contribution in [0, 0.1) is 6.92 Å². The highest BCUT2D eigenvalue weighted by atomic mass is 32.3. The molecule has 0 aromatic carbocycles. The fraction of sp³-hybridized carbons (Fsp3) is 0.400. The highest BCUT2D eigenvalue weighted by Crippen LogP contribution is 2.15. The van der Waals surface area contributed by atoms with Gasteiger partial charge in [0, 0.05) is 19.2 Å². The van der Waals surface area contributed by atoms with E-state index in [0.29, 0.717) is 11.5 Å². The second-order valence-corrected chi connectivity index (χ2v) is 5.12. The molecule has 0 saturated heterocycles. The fourth-order valence-electron chi connectivity index (χ4n) is 1.82. The lowest BCUT2D eigenvalue weighted by Crippen LogP contribution is -2.51. The van der Waals surface area contributed by atoms with Crippen LogP contribution in [0.2, 0.25) is 0 Å². The maximum absolute atomic E-state index is 10.7. The Kier molecular flexibility index (Phi) is 4.87. The largest absolute Gasteiger partial charge is 0.870 e. The van der Waals surface area contributed by atoms with E-state index >= 15 is 0 Å². The van der Waals surface area contributed by atoms with Crippen LogP contribution in [0.15, 0.2) is 18.2 Å².